The van der Waals surface area contributed by atoms with Gasteiger partial charge in [-0.1, -0.05) is 33.8 Å². The van der Waals surface area contributed by atoms with Crippen LogP contribution in [-0.4, -0.2) is 28.4 Å². The third-order valence-electron chi connectivity index (χ3n) is 9.21. The molecule has 1 aromatic rings. The third kappa shape index (κ3) is 2.63. The van der Waals surface area contributed by atoms with Gasteiger partial charge in [-0.25, -0.2) is 4.98 Å². The van der Waals surface area contributed by atoms with Crippen LogP contribution in [0.2, 0.25) is 0 Å². The van der Waals surface area contributed by atoms with Crippen LogP contribution in [0, 0.1) is 33.5 Å². The van der Waals surface area contributed by atoms with E-state index in [1.54, 1.807) is 18.2 Å². The number of hydrogen-bond donors (Lipinski definition) is 2. The average molecular weight is 438 g/mol. The Morgan fingerprint density at radius 3 is 1.56 bits per heavy atom. The zero-order chi connectivity index (χ0) is 23.1. The van der Waals surface area contributed by atoms with Gasteiger partial charge < -0.3 is 10.6 Å². The van der Waals surface area contributed by atoms with Crippen LogP contribution < -0.4 is 10.6 Å². The Balaban J connectivity index is 1.32. The summed E-state index contributed by atoms with van der Waals surface area (Å²) < 4.78 is 0. The first-order valence-electron chi connectivity index (χ1n) is 11.6. The van der Waals surface area contributed by atoms with Gasteiger partial charge in [0.05, 0.1) is 0 Å². The summed E-state index contributed by atoms with van der Waals surface area (Å²) in [4.78, 5) is 56.7. The van der Waals surface area contributed by atoms with Gasteiger partial charge in [-0.15, -0.1) is 0 Å². The van der Waals surface area contributed by atoms with Crippen molar-refractivity contribution in [2.45, 2.75) is 66.2 Å². The monoisotopic (exact) mass is 437 g/mol. The van der Waals surface area contributed by atoms with Gasteiger partial charge in [-0.05, 0) is 62.5 Å². The maximum Gasteiger partial charge on any atom is 0.239 e. The molecule has 0 aliphatic heterocycles. The van der Waals surface area contributed by atoms with Crippen molar-refractivity contribution in [3.8, 4) is 0 Å². The van der Waals surface area contributed by atoms with Crippen LogP contribution in [-0.2, 0) is 19.2 Å². The summed E-state index contributed by atoms with van der Waals surface area (Å²) in [6, 6.07) is 4.99. The number of aromatic nitrogens is 1. The number of nitrogens with zero attached hydrogens (tertiary/aromatic N) is 1. The van der Waals surface area contributed by atoms with Gasteiger partial charge in [0, 0.05) is 10.8 Å². The summed E-state index contributed by atoms with van der Waals surface area (Å²) >= 11 is 0. The van der Waals surface area contributed by atoms with E-state index in [-0.39, 0.29) is 35.2 Å². The highest BCUT2D eigenvalue weighted by molar-refractivity contribution is 6.16. The minimum atomic E-state index is -0.977. The van der Waals surface area contributed by atoms with Crippen LogP contribution >= 0.6 is 0 Å². The van der Waals surface area contributed by atoms with Gasteiger partial charge in [0.15, 0.2) is 11.6 Å². The molecule has 4 bridgehead atoms. The summed E-state index contributed by atoms with van der Waals surface area (Å²) in [5.41, 5.74) is -2.90. The molecule has 0 radical (unpaired) electrons. The minimum absolute atomic E-state index is 0.0143. The van der Waals surface area contributed by atoms with Gasteiger partial charge in [0.25, 0.3) is 0 Å². The number of amides is 2. The van der Waals surface area contributed by atoms with E-state index < -0.39 is 21.7 Å². The number of Topliss-reactive ketones (excluding diaryl/α,β-unsaturated/α-hetero) is 2. The maximum absolute atomic E-state index is 13.1. The molecule has 5 rings (SSSR count). The second kappa shape index (κ2) is 6.49. The number of carbonyl (C=O) groups excluding carboxylic acids is 4. The fourth-order valence-electron chi connectivity index (χ4n) is 7.00. The van der Waals surface area contributed by atoms with E-state index in [0.717, 1.165) is 12.8 Å². The van der Waals surface area contributed by atoms with E-state index in [0.29, 0.717) is 37.3 Å². The van der Waals surface area contributed by atoms with Crippen molar-refractivity contribution in [2.24, 2.45) is 33.5 Å². The normalized spacial score (nSPS) is 35.9. The van der Waals surface area contributed by atoms with Gasteiger partial charge in [-0.3, -0.25) is 19.2 Å². The van der Waals surface area contributed by atoms with Crippen LogP contribution in [0.1, 0.15) is 66.2 Å². The van der Waals surface area contributed by atoms with E-state index in [9.17, 15) is 19.2 Å². The quantitative estimate of drug-likeness (QED) is 0.698. The molecule has 2 N–H and O–H groups in total. The summed E-state index contributed by atoms with van der Waals surface area (Å²) in [6.07, 6.45) is 4.07. The molecule has 4 saturated carbocycles. The molecular formula is C25H31N3O4. The predicted octanol–water partition coefficient (Wildman–Crippen LogP) is 3.75. The Labute approximate surface area is 188 Å². The van der Waals surface area contributed by atoms with Crippen LogP contribution in [0.15, 0.2) is 18.2 Å². The van der Waals surface area contributed by atoms with E-state index in [4.69, 9.17) is 0 Å². The highest BCUT2D eigenvalue weighted by Crippen LogP contribution is 2.61. The molecular weight excluding hydrogens is 406 g/mol. The first-order chi connectivity index (χ1) is 14.9. The fourth-order valence-corrected chi connectivity index (χ4v) is 7.00. The molecule has 170 valence electrons. The second-order valence-electron chi connectivity index (χ2n) is 11.5. The lowest BCUT2D eigenvalue weighted by molar-refractivity contribution is -0.143. The number of pyridine rings is 1. The van der Waals surface area contributed by atoms with E-state index in [1.165, 1.54) is 0 Å². The molecule has 4 aliphatic carbocycles. The highest BCUT2D eigenvalue weighted by atomic mass is 16.2. The van der Waals surface area contributed by atoms with Crippen LogP contribution in [0.4, 0.5) is 11.6 Å². The number of fused-ring (bicyclic) bond motifs is 4. The molecule has 0 spiro atoms. The summed E-state index contributed by atoms with van der Waals surface area (Å²) in [7, 11) is 0. The van der Waals surface area contributed by atoms with Gasteiger partial charge in [-0.2, -0.15) is 0 Å². The molecule has 1 heterocycles. The largest absolute Gasteiger partial charge is 0.310 e. The van der Waals surface area contributed by atoms with Crippen molar-refractivity contribution in [1.82, 2.24) is 4.98 Å². The van der Waals surface area contributed by atoms with Crippen molar-refractivity contribution < 1.29 is 19.2 Å². The Morgan fingerprint density at radius 1 is 0.812 bits per heavy atom. The van der Waals surface area contributed by atoms with E-state index >= 15 is 0 Å². The molecule has 0 saturated heterocycles. The molecule has 2 amide bonds. The number of carbonyl (C=O) groups is 4. The first-order valence-corrected chi connectivity index (χ1v) is 11.6. The Bertz CT molecular complexity index is 982. The Morgan fingerprint density at radius 2 is 1.22 bits per heavy atom. The highest BCUT2D eigenvalue weighted by Gasteiger charge is 2.66. The molecule has 4 atom stereocenters. The molecule has 32 heavy (non-hydrogen) atoms. The van der Waals surface area contributed by atoms with Gasteiger partial charge in [0.1, 0.15) is 22.5 Å². The standard InChI is InChI=1S/C25H31N3O4/c1-22(2)14-8-10-24(12-14,18(22)29)20(31)27-16-6-5-7-17(26-16)28-21(32)25-11-9-15(13-25)23(3,4)19(25)30/h5-7,14-15H,8-13H2,1-4H3,(H2,26,27,28,31,32). The Hall–Kier alpha value is -2.57. The predicted molar refractivity (Wildman–Crippen MR) is 119 cm³/mol. The molecule has 7 heteroatoms. The Kier molecular flexibility index (Phi) is 4.31. The molecule has 4 aliphatic rings. The molecule has 4 fully saturated rings. The van der Waals surface area contributed by atoms with Gasteiger partial charge >= 0.3 is 0 Å². The zero-order valence-electron chi connectivity index (χ0n) is 19.2. The summed E-state index contributed by atoms with van der Waals surface area (Å²) in [6.45, 7) is 7.73. The lowest BCUT2D eigenvalue weighted by Crippen LogP contribution is -2.45. The number of rotatable bonds is 4. The topological polar surface area (TPSA) is 105 Å². The molecule has 1 aromatic heterocycles. The van der Waals surface area contributed by atoms with Crippen molar-refractivity contribution in [3.05, 3.63) is 18.2 Å². The summed E-state index contributed by atoms with van der Waals surface area (Å²) in [5, 5.41) is 5.64. The van der Waals surface area contributed by atoms with E-state index in [1.807, 2.05) is 27.7 Å². The van der Waals surface area contributed by atoms with Gasteiger partial charge in [0.2, 0.25) is 11.8 Å². The van der Waals surface area contributed by atoms with Crippen LogP contribution in [0.3, 0.4) is 0 Å². The maximum atomic E-state index is 13.1. The van der Waals surface area contributed by atoms with Crippen LogP contribution in [0.5, 0.6) is 0 Å². The average Bonchev–Trinajstić information content (AvgIpc) is 3.46. The smallest absolute Gasteiger partial charge is 0.239 e. The third-order valence-corrected chi connectivity index (χ3v) is 9.21. The minimum Gasteiger partial charge on any atom is -0.310 e. The first kappa shape index (κ1) is 21.3. The number of nitrogens with one attached hydrogen (secondary N) is 2. The number of anilines is 2. The lowest BCUT2D eigenvalue weighted by atomic mass is 9.70. The van der Waals surface area contributed by atoms with Crippen LogP contribution in [0.25, 0.3) is 0 Å². The molecule has 4 unspecified atom stereocenters. The van der Waals surface area contributed by atoms with Crippen molar-refractivity contribution in [1.29, 1.82) is 0 Å². The van der Waals surface area contributed by atoms with Crippen molar-refractivity contribution in [2.75, 3.05) is 10.6 Å². The lowest BCUT2D eigenvalue weighted by Gasteiger charge is -2.32. The summed E-state index contributed by atoms with van der Waals surface area (Å²) in [5.74, 6) is 0.476. The van der Waals surface area contributed by atoms with E-state index in [2.05, 4.69) is 15.6 Å². The van der Waals surface area contributed by atoms with Crippen molar-refractivity contribution >= 4 is 35.0 Å². The fraction of sp³-hybridized carbons (Fsp3) is 0.640. The second-order valence-corrected chi connectivity index (χ2v) is 11.5. The number of hydrogen-bond acceptors (Lipinski definition) is 5. The number of ketones is 2. The zero-order valence-corrected chi connectivity index (χ0v) is 19.2. The SMILES string of the molecule is CC1(C)C(=O)C2(C(=O)Nc3cccc(NC(=O)C45CCC(C4)C(C)(C)C5=O)n3)CCC1C2. The molecule has 0 aromatic carbocycles. The van der Waals surface area contributed by atoms with Crippen molar-refractivity contribution in [3.63, 3.8) is 0 Å². The molecule has 7 nitrogen and oxygen atoms in total.